The minimum atomic E-state index is -0.481. The van der Waals surface area contributed by atoms with Crippen molar-refractivity contribution in [3.63, 3.8) is 0 Å². The molecule has 4 heterocycles. The zero-order valence-electron chi connectivity index (χ0n) is 19.3. The number of nitrogens with one attached hydrogen (secondary N) is 1. The Morgan fingerprint density at radius 2 is 1.78 bits per heavy atom. The van der Waals surface area contributed by atoms with Gasteiger partial charge in [-0.05, 0) is 46.2 Å². The van der Waals surface area contributed by atoms with Crippen molar-refractivity contribution in [2.75, 3.05) is 18.2 Å². The number of aromatic nitrogens is 5. The van der Waals surface area contributed by atoms with E-state index < -0.39 is 6.04 Å². The fourth-order valence-corrected chi connectivity index (χ4v) is 5.17. The van der Waals surface area contributed by atoms with E-state index in [1.807, 2.05) is 60.7 Å². The summed E-state index contributed by atoms with van der Waals surface area (Å²) in [7, 11) is 0. The number of aromatic amines is 1. The van der Waals surface area contributed by atoms with Crippen LogP contribution in [-0.2, 0) is 13.0 Å². The van der Waals surface area contributed by atoms with Crippen LogP contribution in [0, 0.1) is 0 Å². The molecule has 2 aromatic heterocycles. The number of para-hydroxylation sites is 1. The van der Waals surface area contributed by atoms with Gasteiger partial charge in [-0.15, -0.1) is 5.10 Å². The lowest BCUT2D eigenvalue weighted by atomic mass is 10.0. The van der Waals surface area contributed by atoms with Gasteiger partial charge in [0.05, 0.1) is 12.1 Å². The van der Waals surface area contributed by atoms with E-state index in [0.29, 0.717) is 34.9 Å². The first-order valence-electron chi connectivity index (χ1n) is 11.9. The van der Waals surface area contributed by atoms with Crippen LogP contribution < -0.4 is 19.9 Å². The molecule has 178 valence electrons. The van der Waals surface area contributed by atoms with Gasteiger partial charge in [-0.1, -0.05) is 48.5 Å². The first-order valence-corrected chi connectivity index (χ1v) is 11.9. The van der Waals surface area contributed by atoms with Gasteiger partial charge < -0.3 is 19.4 Å². The van der Waals surface area contributed by atoms with E-state index in [0.717, 1.165) is 29.6 Å². The highest BCUT2D eigenvalue weighted by atomic mass is 16.7. The van der Waals surface area contributed by atoms with Crippen molar-refractivity contribution in [3.8, 4) is 11.5 Å². The van der Waals surface area contributed by atoms with E-state index in [1.54, 1.807) is 4.68 Å². The molecule has 1 atom stereocenters. The second kappa shape index (κ2) is 8.23. The summed E-state index contributed by atoms with van der Waals surface area (Å²) in [5, 5.41) is 13.6. The highest BCUT2D eigenvalue weighted by molar-refractivity contribution is 5.83. The summed E-state index contributed by atoms with van der Waals surface area (Å²) in [5.74, 6) is 1.90. The van der Waals surface area contributed by atoms with Gasteiger partial charge in [0.1, 0.15) is 6.04 Å². The predicted octanol–water partition coefficient (Wildman–Crippen LogP) is 3.44. The molecule has 0 saturated heterocycles. The Balaban J connectivity index is 1.40. The van der Waals surface area contributed by atoms with Crippen LogP contribution in [0.5, 0.6) is 11.5 Å². The van der Waals surface area contributed by atoms with Gasteiger partial charge in [-0.3, -0.25) is 4.79 Å². The van der Waals surface area contributed by atoms with Crippen molar-refractivity contribution in [2.24, 2.45) is 0 Å². The van der Waals surface area contributed by atoms with Gasteiger partial charge in [0.15, 0.2) is 17.3 Å². The largest absolute Gasteiger partial charge is 0.454 e. The van der Waals surface area contributed by atoms with Gasteiger partial charge in [0.25, 0.3) is 5.56 Å². The molecule has 0 saturated carbocycles. The van der Waals surface area contributed by atoms with Crippen molar-refractivity contribution in [1.29, 1.82) is 0 Å². The molecule has 9 nitrogen and oxygen atoms in total. The molecule has 0 fully saturated rings. The molecule has 2 aliphatic heterocycles. The normalized spacial score (nSPS) is 14.8. The molecule has 36 heavy (non-hydrogen) atoms. The SMILES string of the molecule is O=c1[nH]c2cc3c(cc2cc1[C@H](c1nnnn1Cc1ccccc1)N1CCc2ccccc21)OCO3. The molecule has 0 unspecified atom stereocenters. The zero-order valence-corrected chi connectivity index (χ0v) is 19.3. The number of hydrogen-bond acceptors (Lipinski definition) is 7. The van der Waals surface area contributed by atoms with Crippen LogP contribution in [0.3, 0.4) is 0 Å². The second-order valence-electron chi connectivity index (χ2n) is 9.00. The third kappa shape index (κ3) is 3.39. The van der Waals surface area contributed by atoms with Crippen molar-refractivity contribution in [2.45, 2.75) is 19.0 Å². The maximum atomic E-state index is 13.6. The van der Waals surface area contributed by atoms with Crippen molar-refractivity contribution >= 4 is 16.6 Å². The monoisotopic (exact) mass is 478 g/mol. The molecule has 0 spiro atoms. The maximum absolute atomic E-state index is 13.6. The highest BCUT2D eigenvalue weighted by Gasteiger charge is 2.34. The summed E-state index contributed by atoms with van der Waals surface area (Å²) in [4.78, 5) is 18.9. The van der Waals surface area contributed by atoms with Gasteiger partial charge in [-0.25, -0.2) is 4.68 Å². The quantitative estimate of drug-likeness (QED) is 0.413. The molecule has 2 aliphatic rings. The number of hydrogen-bond donors (Lipinski definition) is 1. The molecule has 0 amide bonds. The molecule has 5 aromatic rings. The third-order valence-electron chi connectivity index (χ3n) is 6.87. The van der Waals surface area contributed by atoms with Crippen molar-refractivity contribution in [3.05, 3.63) is 106 Å². The molecule has 7 rings (SSSR count). The Morgan fingerprint density at radius 3 is 2.67 bits per heavy atom. The fraction of sp³-hybridized carbons (Fsp3) is 0.185. The number of rotatable bonds is 5. The standard InChI is InChI=1S/C27H22N6O3/c34-27-20(12-19-13-23-24(36-16-35-23)14-21(19)28-27)25(32-11-10-18-8-4-5-9-22(18)32)26-29-30-31-33(26)15-17-6-2-1-3-7-17/h1-9,12-14,25H,10-11,15-16H2,(H,28,34)/t25-/m1/s1. The van der Waals surface area contributed by atoms with Crippen LogP contribution in [0.25, 0.3) is 10.9 Å². The lowest BCUT2D eigenvalue weighted by Crippen LogP contribution is -2.34. The van der Waals surface area contributed by atoms with Crippen LogP contribution in [0.4, 0.5) is 5.69 Å². The number of fused-ring (bicyclic) bond motifs is 3. The smallest absolute Gasteiger partial charge is 0.254 e. The van der Waals surface area contributed by atoms with Crippen LogP contribution in [-0.4, -0.2) is 38.5 Å². The number of nitrogens with zero attached hydrogens (tertiary/aromatic N) is 5. The summed E-state index contributed by atoms with van der Waals surface area (Å²) in [6, 6.07) is 23.5. The molecule has 9 heteroatoms. The van der Waals surface area contributed by atoms with Crippen LogP contribution >= 0.6 is 0 Å². The van der Waals surface area contributed by atoms with Crippen LogP contribution in [0.2, 0.25) is 0 Å². The summed E-state index contributed by atoms with van der Waals surface area (Å²) >= 11 is 0. The van der Waals surface area contributed by atoms with Crippen LogP contribution in [0.1, 0.15) is 28.6 Å². The summed E-state index contributed by atoms with van der Waals surface area (Å²) < 4.78 is 12.9. The minimum Gasteiger partial charge on any atom is -0.454 e. The third-order valence-corrected chi connectivity index (χ3v) is 6.87. The Labute approximate surface area is 205 Å². The maximum Gasteiger partial charge on any atom is 0.254 e. The lowest BCUT2D eigenvalue weighted by Gasteiger charge is -2.29. The summed E-state index contributed by atoms with van der Waals surface area (Å²) in [6.07, 6.45) is 0.886. The average molecular weight is 479 g/mol. The minimum absolute atomic E-state index is 0.171. The summed E-state index contributed by atoms with van der Waals surface area (Å²) in [6.45, 7) is 1.42. The Morgan fingerprint density at radius 1 is 0.972 bits per heavy atom. The van der Waals surface area contributed by atoms with Gasteiger partial charge >= 0.3 is 0 Å². The Kier molecular flexibility index (Phi) is 4.73. The summed E-state index contributed by atoms with van der Waals surface area (Å²) in [5.41, 5.74) is 4.48. The highest BCUT2D eigenvalue weighted by Crippen LogP contribution is 2.39. The second-order valence-corrected chi connectivity index (χ2v) is 9.00. The number of pyridine rings is 1. The van der Waals surface area contributed by atoms with Crippen LogP contribution in [0.15, 0.2) is 77.6 Å². The van der Waals surface area contributed by atoms with E-state index in [1.165, 1.54) is 5.56 Å². The number of tetrazole rings is 1. The topological polar surface area (TPSA) is 98.2 Å². The van der Waals surface area contributed by atoms with Gasteiger partial charge in [-0.2, -0.15) is 0 Å². The number of anilines is 1. The number of ether oxygens (including phenoxy) is 2. The van der Waals surface area contributed by atoms with Gasteiger partial charge in [0.2, 0.25) is 6.79 Å². The zero-order chi connectivity index (χ0) is 24.1. The predicted molar refractivity (Wildman–Crippen MR) is 133 cm³/mol. The first-order chi connectivity index (χ1) is 17.7. The van der Waals surface area contributed by atoms with Crippen molar-refractivity contribution < 1.29 is 9.47 Å². The van der Waals surface area contributed by atoms with E-state index in [2.05, 4.69) is 37.5 Å². The number of H-pyrrole nitrogens is 1. The van der Waals surface area contributed by atoms with Gasteiger partial charge in [0, 0.05) is 29.2 Å². The fourth-order valence-electron chi connectivity index (χ4n) is 5.17. The molecule has 3 aromatic carbocycles. The van der Waals surface area contributed by atoms with E-state index >= 15 is 0 Å². The first kappa shape index (κ1) is 20.7. The number of benzene rings is 3. The molecule has 0 aliphatic carbocycles. The molecule has 0 radical (unpaired) electrons. The Hall–Kier alpha value is -4.66. The molecule has 0 bridgehead atoms. The van der Waals surface area contributed by atoms with Crippen molar-refractivity contribution in [1.82, 2.24) is 25.2 Å². The molecular formula is C27H22N6O3. The lowest BCUT2D eigenvalue weighted by molar-refractivity contribution is 0.174. The van der Waals surface area contributed by atoms with E-state index in [-0.39, 0.29) is 12.4 Å². The Bertz CT molecular complexity index is 1640. The average Bonchev–Trinajstić information content (AvgIpc) is 3.65. The van der Waals surface area contributed by atoms with E-state index in [9.17, 15) is 4.79 Å². The molecule has 1 N–H and O–H groups in total. The van der Waals surface area contributed by atoms with E-state index in [4.69, 9.17) is 9.47 Å². The molecular weight excluding hydrogens is 456 g/mol.